The van der Waals surface area contributed by atoms with E-state index in [0.717, 1.165) is 11.2 Å². The molecule has 76 valence electrons. The fraction of sp³-hybridized carbons (Fsp3) is 1.00. The van der Waals surface area contributed by atoms with Crippen molar-refractivity contribution in [1.29, 1.82) is 0 Å². The van der Waals surface area contributed by atoms with Crippen molar-refractivity contribution in [3.8, 4) is 0 Å². The van der Waals surface area contributed by atoms with Crippen LogP contribution in [0, 0.1) is 5.92 Å². The number of hydrogen-bond donors (Lipinski definition) is 1. The first-order valence-electron chi connectivity index (χ1n) is 5.77. The molecule has 0 radical (unpaired) electrons. The van der Waals surface area contributed by atoms with Gasteiger partial charge in [-0.2, -0.15) is 11.8 Å². The van der Waals surface area contributed by atoms with Gasteiger partial charge in [-0.05, 0) is 50.4 Å². The van der Waals surface area contributed by atoms with E-state index < -0.39 is 0 Å². The summed E-state index contributed by atoms with van der Waals surface area (Å²) in [5.74, 6) is 2.46. The van der Waals surface area contributed by atoms with Crippen LogP contribution in [-0.2, 0) is 0 Å². The molecule has 2 rings (SSSR count). The van der Waals surface area contributed by atoms with E-state index in [0.29, 0.717) is 0 Å². The van der Waals surface area contributed by atoms with Crippen LogP contribution in [0.5, 0.6) is 0 Å². The third kappa shape index (κ3) is 3.17. The summed E-state index contributed by atoms with van der Waals surface area (Å²) in [5, 5.41) is 4.46. The lowest BCUT2D eigenvalue weighted by Crippen LogP contribution is -2.29. The molecule has 1 heterocycles. The molecule has 1 saturated carbocycles. The minimum absolute atomic E-state index is 1.02. The van der Waals surface area contributed by atoms with Crippen LogP contribution in [0.15, 0.2) is 0 Å². The number of thioether (sulfide) groups is 1. The smallest absolute Gasteiger partial charge is 0.00471 e. The largest absolute Gasteiger partial charge is 0.317 e. The van der Waals surface area contributed by atoms with Gasteiger partial charge in [0, 0.05) is 5.25 Å². The highest BCUT2D eigenvalue weighted by Crippen LogP contribution is 2.31. The topological polar surface area (TPSA) is 12.0 Å². The number of nitrogens with one attached hydrogen (secondary N) is 1. The molecule has 1 aliphatic carbocycles. The van der Waals surface area contributed by atoms with Crippen LogP contribution in [0.2, 0.25) is 0 Å². The Morgan fingerprint density at radius 3 is 2.38 bits per heavy atom. The van der Waals surface area contributed by atoms with Gasteiger partial charge in [0.05, 0.1) is 0 Å². The maximum absolute atomic E-state index is 3.43. The van der Waals surface area contributed by atoms with Gasteiger partial charge in [-0.3, -0.25) is 0 Å². The highest BCUT2D eigenvalue weighted by Gasteiger charge is 2.18. The van der Waals surface area contributed by atoms with Crippen LogP contribution in [0.25, 0.3) is 0 Å². The van der Waals surface area contributed by atoms with Crippen LogP contribution in [0.1, 0.15) is 38.5 Å². The van der Waals surface area contributed by atoms with E-state index in [1.165, 1.54) is 57.4 Å². The fourth-order valence-electron chi connectivity index (χ4n) is 2.38. The fourth-order valence-corrected chi connectivity index (χ4v) is 3.92. The van der Waals surface area contributed by atoms with Gasteiger partial charge in [-0.1, -0.05) is 12.8 Å². The van der Waals surface area contributed by atoms with Gasteiger partial charge in [-0.25, -0.2) is 0 Å². The van der Waals surface area contributed by atoms with E-state index in [1.54, 1.807) is 0 Å². The molecule has 0 bridgehead atoms. The van der Waals surface area contributed by atoms with Gasteiger partial charge in [0.15, 0.2) is 0 Å². The maximum Gasteiger partial charge on any atom is 0.00471 e. The van der Waals surface area contributed by atoms with Gasteiger partial charge < -0.3 is 5.32 Å². The van der Waals surface area contributed by atoms with Gasteiger partial charge in [-0.15, -0.1) is 0 Å². The molecular formula is C11H21NS. The van der Waals surface area contributed by atoms with E-state index >= 15 is 0 Å². The van der Waals surface area contributed by atoms with Gasteiger partial charge in [0.1, 0.15) is 0 Å². The van der Waals surface area contributed by atoms with Crippen molar-refractivity contribution >= 4 is 11.8 Å². The molecule has 13 heavy (non-hydrogen) atoms. The SMILES string of the molecule is C1CCC(SCC2CCNCC2)C1. The molecule has 0 aromatic heterocycles. The van der Waals surface area contributed by atoms with Crippen molar-refractivity contribution in [3.63, 3.8) is 0 Å². The van der Waals surface area contributed by atoms with E-state index in [2.05, 4.69) is 17.1 Å². The van der Waals surface area contributed by atoms with Crippen LogP contribution >= 0.6 is 11.8 Å². The Kier molecular flexibility index (Phi) is 3.98. The summed E-state index contributed by atoms with van der Waals surface area (Å²) in [5.41, 5.74) is 0. The first-order valence-corrected chi connectivity index (χ1v) is 6.82. The summed E-state index contributed by atoms with van der Waals surface area (Å²) in [6.45, 7) is 2.52. The molecule has 0 spiro atoms. The molecule has 0 aromatic rings. The maximum atomic E-state index is 3.43. The molecule has 0 atom stereocenters. The van der Waals surface area contributed by atoms with Crippen molar-refractivity contribution in [2.75, 3.05) is 18.8 Å². The molecule has 1 N–H and O–H groups in total. The van der Waals surface area contributed by atoms with Crippen molar-refractivity contribution in [2.45, 2.75) is 43.8 Å². The first kappa shape index (κ1) is 9.85. The first-order chi connectivity index (χ1) is 6.45. The lowest BCUT2D eigenvalue weighted by Gasteiger charge is -2.23. The van der Waals surface area contributed by atoms with Crippen molar-refractivity contribution < 1.29 is 0 Å². The molecule has 0 amide bonds. The van der Waals surface area contributed by atoms with Gasteiger partial charge in [0.25, 0.3) is 0 Å². The van der Waals surface area contributed by atoms with Crippen molar-refractivity contribution in [1.82, 2.24) is 5.32 Å². The normalized spacial score (nSPS) is 26.8. The lowest BCUT2D eigenvalue weighted by molar-refractivity contribution is 0.407. The van der Waals surface area contributed by atoms with E-state index in [-0.39, 0.29) is 0 Å². The minimum atomic E-state index is 1.02. The molecule has 2 heteroatoms. The summed E-state index contributed by atoms with van der Waals surface area (Å²) < 4.78 is 0. The average Bonchev–Trinajstić information content (AvgIpc) is 2.69. The molecule has 1 aliphatic heterocycles. The third-order valence-electron chi connectivity index (χ3n) is 3.33. The number of piperidine rings is 1. The van der Waals surface area contributed by atoms with Gasteiger partial charge in [0.2, 0.25) is 0 Å². The predicted molar refractivity (Wildman–Crippen MR) is 60.3 cm³/mol. The van der Waals surface area contributed by atoms with Crippen molar-refractivity contribution in [3.05, 3.63) is 0 Å². The molecule has 1 saturated heterocycles. The number of rotatable bonds is 3. The molecule has 0 unspecified atom stereocenters. The standard InChI is InChI=1S/C11H21NS/c1-2-4-11(3-1)13-9-10-5-7-12-8-6-10/h10-12H,1-9H2. The Labute approximate surface area is 86.0 Å². The zero-order valence-corrected chi connectivity index (χ0v) is 9.24. The summed E-state index contributed by atoms with van der Waals surface area (Å²) in [4.78, 5) is 0. The van der Waals surface area contributed by atoms with Crippen LogP contribution in [-0.4, -0.2) is 24.1 Å². The Morgan fingerprint density at radius 2 is 1.69 bits per heavy atom. The summed E-state index contributed by atoms with van der Waals surface area (Å²) >= 11 is 2.26. The molecular weight excluding hydrogens is 178 g/mol. The molecule has 0 aromatic carbocycles. The Bertz CT molecular complexity index is 137. The quantitative estimate of drug-likeness (QED) is 0.750. The highest BCUT2D eigenvalue weighted by molar-refractivity contribution is 7.99. The van der Waals surface area contributed by atoms with Crippen LogP contribution in [0.3, 0.4) is 0 Å². The Balaban J connectivity index is 1.60. The second kappa shape index (κ2) is 5.26. The zero-order chi connectivity index (χ0) is 8.93. The highest BCUT2D eigenvalue weighted by atomic mass is 32.2. The predicted octanol–water partition coefficient (Wildman–Crippen LogP) is 2.66. The third-order valence-corrected chi connectivity index (χ3v) is 4.94. The van der Waals surface area contributed by atoms with Crippen LogP contribution < -0.4 is 5.32 Å². The minimum Gasteiger partial charge on any atom is -0.317 e. The Hall–Kier alpha value is 0.310. The van der Waals surface area contributed by atoms with Crippen LogP contribution in [0.4, 0.5) is 0 Å². The van der Waals surface area contributed by atoms with E-state index in [1.807, 2.05) is 0 Å². The second-order valence-corrected chi connectivity index (χ2v) is 5.77. The Morgan fingerprint density at radius 1 is 1.00 bits per heavy atom. The molecule has 2 aliphatic rings. The van der Waals surface area contributed by atoms with Gasteiger partial charge >= 0.3 is 0 Å². The second-order valence-electron chi connectivity index (χ2n) is 4.43. The average molecular weight is 199 g/mol. The van der Waals surface area contributed by atoms with E-state index in [9.17, 15) is 0 Å². The zero-order valence-electron chi connectivity index (χ0n) is 8.43. The van der Waals surface area contributed by atoms with Crippen molar-refractivity contribution in [2.24, 2.45) is 5.92 Å². The summed E-state index contributed by atoms with van der Waals surface area (Å²) in [6.07, 6.45) is 8.80. The molecule has 2 fully saturated rings. The molecule has 1 nitrogen and oxygen atoms in total. The summed E-state index contributed by atoms with van der Waals surface area (Å²) in [7, 11) is 0. The summed E-state index contributed by atoms with van der Waals surface area (Å²) in [6, 6.07) is 0. The number of hydrogen-bond acceptors (Lipinski definition) is 2. The monoisotopic (exact) mass is 199 g/mol. The lowest BCUT2D eigenvalue weighted by atomic mass is 10.0. The van der Waals surface area contributed by atoms with E-state index in [4.69, 9.17) is 0 Å².